The summed E-state index contributed by atoms with van der Waals surface area (Å²) in [5, 5.41) is 7.13. The highest BCUT2D eigenvalue weighted by molar-refractivity contribution is 7.89. The van der Waals surface area contributed by atoms with Gasteiger partial charge < -0.3 is 0 Å². The van der Waals surface area contributed by atoms with Crippen molar-refractivity contribution in [2.24, 2.45) is 0 Å². The lowest BCUT2D eigenvalue weighted by Gasteiger charge is -2.21. The maximum absolute atomic E-state index is 12.6. The van der Waals surface area contributed by atoms with Crippen LogP contribution in [0, 0.1) is 0 Å². The van der Waals surface area contributed by atoms with Crippen LogP contribution in [0.25, 0.3) is 0 Å². The largest absolute Gasteiger partial charge is 0.284 e. The molecule has 1 fully saturated rings. The molecule has 1 aliphatic carbocycles. The molecule has 112 valence electrons. The van der Waals surface area contributed by atoms with Crippen molar-refractivity contribution in [3.8, 4) is 0 Å². The van der Waals surface area contributed by atoms with Crippen molar-refractivity contribution in [3.63, 3.8) is 0 Å². The van der Waals surface area contributed by atoms with E-state index in [4.69, 9.17) is 23.2 Å². The van der Waals surface area contributed by atoms with Gasteiger partial charge in [-0.1, -0.05) is 29.3 Å². The van der Waals surface area contributed by atoms with Crippen molar-refractivity contribution in [1.82, 2.24) is 14.5 Å². The molecule has 1 aromatic heterocycles. The summed E-state index contributed by atoms with van der Waals surface area (Å²) in [6, 6.07) is 5.20. The first-order valence-electron chi connectivity index (χ1n) is 6.43. The van der Waals surface area contributed by atoms with E-state index in [2.05, 4.69) is 10.2 Å². The van der Waals surface area contributed by atoms with Gasteiger partial charge in [0.1, 0.15) is 4.90 Å². The van der Waals surface area contributed by atoms with Gasteiger partial charge in [0.25, 0.3) is 0 Å². The monoisotopic (exact) mass is 345 g/mol. The number of hydrogen-bond donors (Lipinski definition) is 1. The summed E-state index contributed by atoms with van der Waals surface area (Å²) in [6.45, 7) is 0.273. The Morgan fingerprint density at radius 2 is 2.05 bits per heavy atom. The minimum atomic E-state index is -3.55. The Morgan fingerprint density at radius 3 is 2.62 bits per heavy atom. The van der Waals surface area contributed by atoms with E-state index < -0.39 is 10.0 Å². The van der Waals surface area contributed by atoms with Crippen molar-refractivity contribution >= 4 is 33.2 Å². The van der Waals surface area contributed by atoms with Gasteiger partial charge in [0.2, 0.25) is 10.0 Å². The number of rotatable bonds is 5. The van der Waals surface area contributed by atoms with Crippen LogP contribution in [0.2, 0.25) is 10.0 Å². The van der Waals surface area contributed by atoms with Crippen LogP contribution in [-0.4, -0.2) is 29.0 Å². The Hall–Kier alpha value is -1.08. The minimum absolute atomic E-state index is 0.0411. The van der Waals surface area contributed by atoms with Gasteiger partial charge in [0.05, 0.1) is 16.2 Å². The van der Waals surface area contributed by atoms with E-state index in [0.717, 1.165) is 18.4 Å². The first kappa shape index (κ1) is 14.8. The Balaban J connectivity index is 1.90. The van der Waals surface area contributed by atoms with Crippen LogP contribution in [-0.2, 0) is 16.6 Å². The van der Waals surface area contributed by atoms with Crippen LogP contribution in [0.15, 0.2) is 35.5 Å². The van der Waals surface area contributed by atoms with E-state index >= 15 is 0 Å². The maximum atomic E-state index is 12.6. The van der Waals surface area contributed by atoms with Gasteiger partial charge >= 0.3 is 0 Å². The first-order valence-corrected chi connectivity index (χ1v) is 8.62. The standard InChI is InChI=1S/C13H13Cl2N3O2S/c14-12-4-1-9(5-13(12)15)8-18(10-2-3-10)21(19,20)11-6-16-17-7-11/h1,4-7,10H,2-3,8H2,(H,16,17). The molecule has 0 atom stereocenters. The van der Waals surface area contributed by atoms with Gasteiger partial charge in [0, 0.05) is 18.8 Å². The molecular weight excluding hydrogens is 333 g/mol. The van der Waals surface area contributed by atoms with Gasteiger partial charge in [-0.2, -0.15) is 9.40 Å². The predicted octanol–water partition coefficient (Wildman–Crippen LogP) is 3.07. The van der Waals surface area contributed by atoms with Gasteiger partial charge in [0.15, 0.2) is 0 Å². The van der Waals surface area contributed by atoms with Crippen molar-refractivity contribution in [3.05, 3.63) is 46.2 Å². The molecule has 0 saturated heterocycles. The quantitative estimate of drug-likeness (QED) is 0.905. The fraction of sp³-hybridized carbons (Fsp3) is 0.308. The van der Waals surface area contributed by atoms with Gasteiger partial charge in [-0.15, -0.1) is 0 Å². The highest BCUT2D eigenvalue weighted by Gasteiger charge is 2.38. The molecule has 0 bridgehead atoms. The molecule has 0 aliphatic heterocycles. The van der Waals surface area contributed by atoms with Crippen LogP contribution in [0.5, 0.6) is 0 Å². The number of benzene rings is 1. The average Bonchev–Trinajstić information content (AvgIpc) is 3.11. The number of aromatic amines is 1. The van der Waals surface area contributed by atoms with E-state index in [-0.39, 0.29) is 17.5 Å². The second-order valence-electron chi connectivity index (χ2n) is 4.96. The second kappa shape index (κ2) is 5.61. The number of nitrogens with one attached hydrogen (secondary N) is 1. The van der Waals surface area contributed by atoms with Crippen LogP contribution in [0.4, 0.5) is 0 Å². The van der Waals surface area contributed by atoms with Crippen LogP contribution in [0.3, 0.4) is 0 Å². The van der Waals surface area contributed by atoms with E-state index in [1.807, 2.05) is 0 Å². The normalized spacial score (nSPS) is 15.6. The highest BCUT2D eigenvalue weighted by Crippen LogP contribution is 2.34. The van der Waals surface area contributed by atoms with E-state index in [9.17, 15) is 8.42 Å². The molecule has 0 spiro atoms. The topological polar surface area (TPSA) is 66.1 Å². The van der Waals surface area contributed by atoms with E-state index in [1.54, 1.807) is 18.2 Å². The number of H-pyrrole nitrogens is 1. The third-order valence-corrected chi connectivity index (χ3v) is 5.96. The Labute approximate surface area is 132 Å². The van der Waals surface area contributed by atoms with Gasteiger partial charge in [-0.25, -0.2) is 8.42 Å². The number of aromatic nitrogens is 2. The molecule has 21 heavy (non-hydrogen) atoms. The predicted molar refractivity (Wildman–Crippen MR) is 80.8 cm³/mol. The molecule has 1 N–H and O–H groups in total. The summed E-state index contributed by atoms with van der Waals surface area (Å²) in [7, 11) is -3.55. The summed E-state index contributed by atoms with van der Waals surface area (Å²) < 4.78 is 26.8. The molecule has 5 nitrogen and oxygen atoms in total. The number of halogens is 2. The zero-order chi connectivity index (χ0) is 15.0. The molecule has 0 radical (unpaired) electrons. The van der Waals surface area contributed by atoms with Gasteiger partial charge in [-0.05, 0) is 30.5 Å². The highest BCUT2D eigenvalue weighted by atomic mass is 35.5. The van der Waals surface area contributed by atoms with E-state index in [1.165, 1.54) is 16.7 Å². The van der Waals surface area contributed by atoms with Gasteiger partial charge in [-0.3, -0.25) is 5.10 Å². The number of sulfonamides is 1. The second-order valence-corrected chi connectivity index (χ2v) is 7.67. The van der Waals surface area contributed by atoms with Crippen LogP contribution in [0.1, 0.15) is 18.4 Å². The SMILES string of the molecule is O=S(=O)(c1cn[nH]c1)N(Cc1ccc(Cl)c(Cl)c1)C1CC1. The third-order valence-electron chi connectivity index (χ3n) is 3.36. The van der Waals surface area contributed by atoms with Crippen molar-refractivity contribution in [1.29, 1.82) is 0 Å². The molecule has 0 unspecified atom stereocenters. The summed E-state index contributed by atoms with van der Waals surface area (Å²) >= 11 is 11.9. The molecule has 1 heterocycles. The summed E-state index contributed by atoms with van der Waals surface area (Å²) in [6.07, 6.45) is 4.45. The molecule has 3 rings (SSSR count). The summed E-state index contributed by atoms with van der Waals surface area (Å²) in [5.74, 6) is 0. The lowest BCUT2D eigenvalue weighted by molar-refractivity contribution is 0.398. The molecule has 8 heteroatoms. The smallest absolute Gasteiger partial charge is 0.246 e. The third kappa shape index (κ3) is 3.08. The molecular formula is C13H13Cl2N3O2S. The first-order chi connectivity index (χ1) is 9.98. The summed E-state index contributed by atoms with van der Waals surface area (Å²) in [5.41, 5.74) is 0.809. The Kier molecular flexibility index (Phi) is 3.96. The number of nitrogens with zero attached hydrogens (tertiary/aromatic N) is 2. The Bertz CT molecular complexity index is 743. The van der Waals surface area contributed by atoms with Crippen molar-refractivity contribution in [2.75, 3.05) is 0 Å². The van der Waals surface area contributed by atoms with Crippen LogP contribution >= 0.6 is 23.2 Å². The lowest BCUT2D eigenvalue weighted by atomic mass is 10.2. The summed E-state index contributed by atoms with van der Waals surface area (Å²) in [4.78, 5) is 0.175. The van der Waals surface area contributed by atoms with Crippen molar-refractivity contribution in [2.45, 2.75) is 30.3 Å². The molecule has 1 saturated carbocycles. The molecule has 1 aliphatic rings. The maximum Gasteiger partial charge on any atom is 0.246 e. The Morgan fingerprint density at radius 1 is 1.29 bits per heavy atom. The number of hydrogen-bond acceptors (Lipinski definition) is 3. The molecule has 0 amide bonds. The minimum Gasteiger partial charge on any atom is -0.284 e. The van der Waals surface area contributed by atoms with Crippen molar-refractivity contribution < 1.29 is 8.42 Å². The average molecular weight is 346 g/mol. The zero-order valence-electron chi connectivity index (χ0n) is 11.0. The lowest BCUT2D eigenvalue weighted by Crippen LogP contribution is -2.32. The fourth-order valence-corrected chi connectivity index (χ4v) is 4.01. The molecule has 1 aromatic carbocycles. The zero-order valence-corrected chi connectivity index (χ0v) is 13.3. The van der Waals surface area contributed by atoms with E-state index in [0.29, 0.717) is 10.0 Å². The fourth-order valence-electron chi connectivity index (χ4n) is 2.11. The molecule has 2 aromatic rings. The van der Waals surface area contributed by atoms with Crippen LogP contribution < -0.4 is 0 Å².